The summed E-state index contributed by atoms with van der Waals surface area (Å²) in [5.74, 6) is -3.58. The minimum atomic E-state index is -1.39. The molecule has 0 spiro atoms. The van der Waals surface area contributed by atoms with Crippen LogP contribution in [0.25, 0.3) is 0 Å². The lowest BCUT2D eigenvalue weighted by atomic mass is 9.96. The molecule has 3 rings (SSSR count). The maximum atomic E-state index is 13.8. The Hall–Kier alpha value is -5.02. The van der Waals surface area contributed by atoms with Crippen LogP contribution in [0.1, 0.15) is 64.5 Å². The molecule has 15 heteroatoms. The van der Waals surface area contributed by atoms with E-state index in [2.05, 4.69) is 21.3 Å². The van der Waals surface area contributed by atoms with Crippen molar-refractivity contribution in [1.29, 1.82) is 0 Å². The maximum Gasteiger partial charge on any atom is 0.408 e. The number of nitrogens with zero attached hydrogens (tertiary/aromatic N) is 1. The molecule has 296 valence electrons. The monoisotopic (exact) mass is 752 g/mol. The fourth-order valence-corrected chi connectivity index (χ4v) is 6.28. The number of primary amides is 1. The number of likely N-dealkylation sites (tertiary alicyclic amines) is 1. The van der Waals surface area contributed by atoms with Gasteiger partial charge < -0.3 is 41.6 Å². The van der Waals surface area contributed by atoms with Gasteiger partial charge in [-0.15, -0.1) is 0 Å². The van der Waals surface area contributed by atoms with Crippen LogP contribution in [0.5, 0.6) is 0 Å². The Morgan fingerprint density at radius 2 is 1.50 bits per heavy atom. The molecule has 2 aromatic rings. The van der Waals surface area contributed by atoms with Crippen LogP contribution in [0.15, 0.2) is 60.7 Å². The second-order valence-corrected chi connectivity index (χ2v) is 14.1. The third kappa shape index (κ3) is 13.4. The molecule has 2 unspecified atom stereocenters. The molecule has 0 aliphatic carbocycles. The average molecular weight is 753 g/mol. The summed E-state index contributed by atoms with van der Waals surface area (Å²) < 4.78 is 10.1. The predicted octanol–water partition coefficient (Wildman–Crippen LogP) is 1.55. The highest BCUT2D eigenvalue weighted by molar-refractivity contribution is 5.92. The van der Waals surface area contributed by atoms with E-state index in [0.29, 0.717) is 25.8 Å². The predicted molar refractivity (Wildman–Crippen MR) is 200 cm³/mol. The van der Waals surface area contributed by atoms with E-state index in [1.165, 1.54) is 7.11 Å². The van der Waals surface area contributed by atoms with Gasteiger partial charge in [0.15, 0.2) is 0 Å². The Morgan fingerprint density at radius 3 is 2.07 bits per heavy atom. The van der Waals surface area contributed by atoms with Crippen molar-refractivity contribution in [2.24, 2.45) is 17.6 Å². The number of nitrogens with two attached hydrogens (primary N) is 1. The van der Waals surface area contributed by atoms with Gasteiger partial charge in [0.1, 0.15) is 24.7 Å². The molecule has 7 N–H and O–H groups in total. The van der Waals surface area contributed by atoms with E-state index in [1.54, 1.807) is 43.0 Å². The number of aliphatic hydroxyl groups excluding tert-OH is 1. The van der Waals surface area contributed by atoms with E-state index >= 15 is 0 Å². The van der Waals surface area contributed by atoms with E-state index < -0.39 is 78.4 Å². The average Bonchev–Trinajstić information content (AvgIpc) is 3.62. The van der Waals surface area contributed by atoms with Crippen LogP contribution in [0.3, 0.4) is 0 Å². The molecule has 5 amide bonds. The molecule has 1 aliphatic rings. The van der Waals surface area contributed by atoms with E-state index in [4.69, 9.17) is 15.2 Å². The number of carbonyl (C=O) groups is 6. The zero-order valence-corrected chi connectivity index (χ0v) is 31.8. The summed E-state index contributed by atoms with van der Waals surface area (Å²) in [7, 11) is 1.25. The molecular formula is C39H56N6O9. The molecule has 1 heterocycles. The fourth-order valence-electron chi connectivity index (χ4n) is 6.28. The number of aliphatic hydroxyl groups is 1. The van der Waals surface area contributed by atoms with Crippen molar-refractivity contribution in [2.75, 3.05) is 20.2 Å². The van der Waals surface area contributed by atoms with Crippen molar-refractivity contribution in [3.8, 4) is 0 Å². The number of esters is 1. The molecular weight excluding hydrogens is 696 g/mol. The molecule has 1 saturated heterocycles. The van der Waals surface area contributed by atoms with Crippen molar-refractivity contribution in [3.05, 3.63) is 71.8 Å². The number of carbonyl (C=O) groups excluding carboxylic acids is 6. The van der Waals surface area contributed by atoms with Gasteiger partial charge in [-0.1, -0.05) is 94.8 Å². The molecule has 1 fully saturated rings. The summed E-state index contributed by atoms with van der Waals surface area (Å²) in [6.45, 7) is 7.69. The Labute approximate surface area is 317 Å². The topological polar surface area (TPSA) is 218 Å². The largest absolute Gasteiger partial charge is 0.467 e. The van der Waals surface area contributed by atoms with Gasteiger partial charge >= 0.3 is 12.1 Å². The quantitative estimate of drug-likeness (QED) is 0.107. The minimum Gasteiger partial charge on any atom is -0.467 e. The summed E-state index contributed by atoms with van der Waals surface area (Å²) in [5.41, 5.74) is 6.95. The SMILES string of the molecule is CCC(C)[C@H](NC(=O)C1CCCN1C[C@@H](O)[C@H](Cc1ccccc1)NC(=O)[C@H](CC(N)=O)NC(=O)OCc1ccccc1)C(=O)N[C@H](C(=O)OC)C(C)C. The molecule has 7 atom stereocenters. The van der Waals surface area contributed by atoms with Crippen LogP contribution in [-0.4, -0.2) is 102 Å². The van der Waals surface area contributed by atoms with Gasteiger partial charge in [-0.2, -0.15) is 0 Å². The zero-order valence-electron chi connectivity index (χ0n) is 31.8. The van der Waals surface area contributed by atoms with Crippen molar-refractivity contribution in [1.82, 2.24) is 26.2 Å². The second kappa shape index (κ2) is 21.6. The number of β-amino-alcohol motifs (C(OH)–C–C–N with tert-alkyl or cyclic N) is 1. The van der Waals surface area contributed by atoms with Crippen LogP contribution in [0, 0.1) is 11.8 Å². The second-order valence-electron chi connectivity index (χ2n) is 14.1. The van der Waals surface area contributed by atoms with Gasteiger partial charge in [0.2, 0.25) is 23.6 Å². The molecule has 0 aromatic heterocycles. The molecule has 0 bridgehead atoms. The maximum absolute atomic E-state index is 13.8. The van der Waals surface area contributed by atoms with Crippen LogP contribution in [0.2, 0.25) is 0 Å². The summed E-state index contributed by atoms with van der Waals surface area (Å²) in [4.78, 5) is 79.6. The van der Waals surface area contributed by atoms with Crippen LogP contribution in [-0.2, 0) is 46.5 Å². The summed E-state index contributed by atoms with van der Waals surface area (Å²) in [5, 5.41) is 22.5. The molecule has 0 saturated carbocycles. The van der Waals surface area contributed by atoms with E-state index in [9.17, 15) is 33.9 Å². The summed E-state index contributed by atoms with van der Waals surface area (Å²) >= 11 is 0. The Morgan fingerprint density at radius 1 is 0.870 bits per heavy atom. The number of hydrogen-bond acceptors (Lipinski definition) is 10. The highest BCUT2D eigenvalue weighted by Crippen LogP contribution is 2.21. The molecule has 15 nitrogen and oxygen atoms in total. The Balaban J connectivity index is 1.75. The third-order valence-corrected chi connectivity index (χ3v) is 9.62. The molecule has 54 heavy (non-hydrogen) atoms. The van der Waals surface area contributed by atoms with Gasteiger partial charge in [0.05, 0.1) is 31.7 Å². The number of rotatable bonds is 20. The number of ether oxygens (including phenoxy) is 2. The third-order valence-electron chi connectivity index (χ3n) is 9.62. The molecule has 0 radical (unpaired) electrons. The van der Waals surface area contributed by atoms with Gasteiger partial charge in [-0.05, 0) is 48.8 Å². The lowest BCUT2D eigenvalue weighted by Crippen LogP contribution is -2.59. The number of methoxy groups -OCH3 is 1. The van der Waals surface area contributed by atoms with Gasteiger partial charge in [0, 0.05) is 6.54 Å². The first-order valence-corrected chi connectivity index (χ1v) is 18.4. The van der Waals surface area contributed by atoms with E-state index in [0.717, 1.165) is 11.1 Å². The van der Waals surface area contributed by atoms with Gasteiger partial charge in [-0.25, -0.2) is 9.59 Å². The number of hydrogen-bond donors (Lipinski definition) is 6. The van der Waals surface area contributed by atoms with Crippen molar-refractivity contribution < 1.29 is 43.3 Å². The van der Waals surface area contributed by atoms with Crippen LogP contribution >= 0.6 is 0 Å². The van der Waals surface area contributed by atoms with Crippen molar-refractivity contribution in [3.63, 3.8) is 0 Å². The van der Waals surface area contributed by atoms with E-state index in [1.807, 2.05) is 50.2 Å². The molecule has 2 aromatic carbocycles. The van der Waals surface area contributed by atoms with Crippen molar-refractivity contribution in [2.45, 2.75) is 103 Å². The molecule has 1 aliphatic heterocycles. The van der Waals surface area contributed by atoms with Crippen LogP contribution < -0.4 is 27.0 Å². The van der Waals surface area contributed by atoms with E-state index in [-0.39, 0.29) is 31.4 Å². The normalized spacial score (nSPS) is 17.6. The lowest BCUT2D eigenvalue weighted by Gasteiger charge is -2.33. The fraction of sp³-hybridized carbons (Fsp3) is 0.538. The van der Waals surface area contributed by atoms with Crippen molar-refractivity contribution >= 4 is 35.7 Å². The van der Waals surface area contributed by atoms with Gasteiger partial charge in [0.25, 0.3) is 0 Å². The number of alkyl carbamates (subject to hydrolysis) is 1. The Bertz CT molecular complexity index is 1540. The minimum absolute atomic E-state index is 0.0130. The first kappa shape index (κ1) is 43.4. The smallest absolute Gasteiger partial charge is 0.408 e. The van der Waals surface area contributed by atoms with Crippen LogP contribution in [0.4, 0.5) is 4.79 Å². The van der Waals surface area contributed by atoms with Gasteiger partial charge in [-0.3, -0.25) is 24.1 Å². The lowest BCUT2D eigenvalue weighted by molar-refractivity contribution is -0.147. The number of amides is 5. The highest BCUT2D eigenvalue weighted by atomic mass is 16.5. The summed E-state index contributed by atoms with van der Waals surface area (Å²) in [6, 6.07) is 13.3. The highest BCUT2D eigenvalue weighted by Gasteiger charge is 2.38. The number of benzene rings is 2. The first-order valence-electron chi connectivity index (χ1n) is 18.4. The standard InChI is InChI=1S/C39H56N6O9/c1-6-25(4)34(37(50)43-33(24(2)3)38(51)53-5)44-36(49)30-18-13-19-45(30)22-31(46)28(20-26-14-9-7-10-15-26)41-35(48)29(21-32(40)47)42-39(52)54-23-27-16-11-8-12-17-27/h7-12,14-17,24-25,28-31,33-34,46H,6,13,18-23H2,1-5H3,(H2,40,47)(H,41,48)(H,42,52)(H,43,50)(H,44,49)/t25?,28-,29-,30?,31+,33-,34-/m0/s1. The zero-order chi connectivity index (χ0) is 39.8. The first-order chi connectivity index (χ1) is 25.7. The summed E-state index contributed by atoms with van der Waals surface area (Å²) in [6.07, 6.45) is -0.773. The number of nitrogens with one attached hydrogen (secondary N) is 4. The Kier molecular flexibility index (Phi) is 17.4.